The molecule has 7 heteroatoms. The first-order valence-electron chi connectivity index (χ1n) is 6.51. The van der Waals surface area contributed by atoms with Gasteiger partial charge >= 0.3 is 0 Å². The molecule has 1 amide bonds. The van der Waals surface area contributed by atoms with Crippen LogP contribution in [-0.2, 0) is 4.79 Å². The Morgan fingerprint density at radius 2 is 2.15 bits per heavy atom. The Labute approximate surface area is 115 Å². The normalized spacial score (nSPS) is 15.8. The lowest BCUT2D eigenvalue weighted by Gasteiger charge is -2.21. The molecule has 1 aromatic carbocycles. The number of nitrogens with one attached hydrogen (secondary N) is 2. The minimum atomic E-state index is -0.639. The van der Waals surface area contributed by atoms with Crippen LogP contribution >= 0.6 is 0 Å². The van der Waals surface area contributed by atoms with E-state index in [9.17, 15) is 19.3 Å². The zero-order valence-corrected chi connectivity index (χ0v) is 10.9. The van der Waals surface area contributed by atoms with Crippen LogP contribution in [0.15, 0.2) is 18.2 Å². The summed E-state index contributed by atoms with van der Waals surface area (Å²) < 4.78 is 13.1. The van der Waals surface area contributed by atoms with E-state index in [0.717, 1.165) is 44.1 Å². The largest absolute Gasteiger partial charge is 0.320 e. The minimum Gasteiger partial charge on any atom is -0.320 e. The summed E-state index contributed by atoms with van der Waals surface area (Å²) in [5.74, 6) is -0.665. The molecule has 0 aromatic heterocycles. The third kappa shape index (κ3) is 3.74. The number of halogens is 1. The molecule has 2 N–H and O–H groups in total. The molecule has 1 saturated heterocycles. The van der Waals surface area contributed by atoms with Gasteiger partial charge in [0.05, 0.1) is 4.92 Å². The number of carbonyl (C=O) groups excluding carboxylic acids is 1. The van der Waals surface area contributed by atoms with Crippen LogP contribution in [-0.4, -0.2) is 23.9 Å². The van der Waals surface area contributed by atoms with E-state index in [1.54, 1.807) is 0 Å². The van der Waals surface area contributed by atoms with Gasteiger partial charge in [-0.2, -0.15) is 0 Å². The fourth-order valence-corrected chi connectivity index (χ4v) is 2.32. The van der Waals surface area contributed by atoms with Crippen LogP contribution in [0, 0.1) is 21.8 Å². The molecule has 0 atom stereocenters. The number of carbonyl (C=O) groups is 1. The third-order valence-electron chi connectivity index (χ3n) is 3.36. The second-order valence-corrected chi connectivity index (χ2v) is 4.86. The number of piperidine rings is 1. The number of amides is 1. The van der Waals surface area contributed by atoms with Gasteiger partial charge in [0.15, 0.2) is 0 Å². The number of nitro groups is 1. The molecule has 1 aliphatic heterocycles. The second kappa shape index (κ2) is 6.42. The molecule has 20 heavy (non-hydrogen) atoms. The maximum absolute atomic E-state index is 13.1. The summed E-state index contributed by atoms with van der Waals surface area (Å²) in [5.41, 5.74) is -0.390. The van der Waals surface area contributed by atoms with Crippen LogP contribution in [0.3, 0.4) is 0 Å². The maximum atomic E-state index is 13.1. The van der Waals surface area contributed by atoms with E-state index in [1.165, 1.54) is 0 Å². The van der Waals surface area contributed by atoms with Gasteiger partial charge in [-0.15, -0.1) is 0 Å². The third-order valence-corrected chi connectivity index (χ3v) is 3.36. The molecular formula is C13H16FN3O3. The highest BCUT2D eigenvalue weighted by atomic mass is 19.1. The Morgan fingerprint density at radius 1 is 1.45 bits per heavy atom. The van der Waals surface area contributed by atoms with Gasteiger partial charge in [0.2, 0.25) is 5.91 Å². The van der Waals surface area contributed by atoms with Gasteiger partial charge in [-0.3, -0.25) is 14.9 Å². The molecule has 0 spiro atoms. The van der Waals surface area contributed by atoms with Gasteiger partial charge in [0.1, 0.15) is 11.5 Å². The first-order valence-corrected chi connectivity index (χ1v) is 6.51. The second-order valence-electron chi connectivity index (χ2n) is 4.86. The quantitative estimate of drug-likeness (QED) is 0.653. The summed E-state index contributed by atoms with van der Waals surface area (Å²) in [5, 5.41) is 16.5. The fraction of sp³-hybridized carbons (Fsp3) is 0.462. The first-order chi connectivity index (χ1) is 9.56. The number of nitro benzene ring substituents is 1. The highest BCUT2D eigenvalue weighted by Gasteiger charge is 2.20. The number of rotatable bonds is 4. The number of hydrogen-bond donors (Lipinski definition) is 2. The number of anilines is 1. The number of hydrogen-bond acceptors (Lipinski definition) is 4. The summed E-state index contributed by atoms with van der Waals surface area (Å²) in [6, 6.07) is 3.02. The molecule has 1 heterocycles. The molecule has 108 valence electrons. The first kappa shape index (κ1) is 14.4. The smallest absolute Gasteiger partial charge is 0.292 e. The van der Waals surface area contributed by atoms with Gasteiger partial charge in [-0.1, -0.05) is 0 Å². The van der Waals surface area contributed by atoms with Crippen molar-refractivity contribution in [3.63, 3.8) is 0 Å². The zero-order chi connectivity index (χ0) is 14.5. The standard InChI is InChI=1S/C13H16FN3O3/c14-10-1-2-12(17(19)20)11(8-10)16-13(18)7-9-3-5-15-6-4-9/h1-2,8-9,15H,3-7H2,(H,16,18). The predicted molar refractivity (Wildman–Crippen MR) is 71.9 cm³/mol. The van der Waals surface area contributed by atoms with Crippen molar-refractivity contribution < 1.29 is 14.1 Å². The molecule has 6 nitrogen and oxygen atoms in total. The Bertz CT molecular complexity index is 516. The molecule has 1 aromatic rings. The number of nitrogens with zero attached hydrogens (tertiary/aromatic N) is 1. The maximum Gasteiger partial charge on any atom is 0.292 e. The highest BCUT2D eigenvalue weighted by Crippen LogP contribution is 2.26. The van der Waals surface area contributed by atoms with Crippen molar-refractivity contribution >= 4 is 17.3 Å². The fourth-order valence-electron chi connectivity index (χ4n) is 2.32. The van der Waals surface area contributed by atoms with Crippen molar-refractivity contribution in [2.24, 2.45) is 5.92 Å². The van der Waals surface area contributed by atoms with E-state index in [-0.39, 0.29) is 23.2 Å². The van der Waals surface area contributed by atoms with Crippen molar-refractivity contribution in [1.82, 2.24) is 5.32 Å². The van der Waals surface area contributed by atoms with Gasteiger partial charge in [0.25, 0.3) is 5.69 Å². The van der Waals surface area contributed by atoms with Gasteiger partial charge in [0, 0.05) is 18.6 Å². The van der Waals surface area contributed by atoms with E-state index in [2.05, 4.69) is 10.6 Å². The van der Waals surface area contributed by atoms with Crippen molar-refractivity contribution in [2.45, 2.75) is 19.3 Å². The van der Waals surface area contributed by atoms with Crippen molar-refractivity contribution in [2.75, 3.05) is 18.4 Å². The summed E-state index contributed by atoms with van der Waals surface area (Å²) in [7, 11) is 0. The number of benzene rings is 1. The summed E-state index contributed by atoms with van der Waals surface area (Å²) in [6.07, 6.45) is 2.10. The lowest BCUT2D eigenvalue weighted by Crippen LogP contribution is -2.30. The lowest BCUT2D eigenvalue weighted by atomic mass is 9.94. The van der Waals surface area contributed by atoms with E-state index in [4.69, 9.17) is 0 Å². The van der Waals surface area contributed by atoms with E-state index in [1.807, 2.05) is 0 Å². The zero-order valence-electron chi connectivity index (χ0n) is 10.9. The Hall–Kier alpha value is -2.02. The molecule has 0 radical (unpaired) electrons. The molecule has 0 aliphatic carbocycles. The van der Waals surface area contributed by atoms with Gasteiger partial charge in [-0.05, 0) is 37.9 Å². The summed E-state index contributed by atoms with van der Waals surface area (Å²) in [4.78, 5) is 22.1. The Balaban J connectivity index is 2.03. The molecule has 0 unspecified atom stereocenters. The van der Waals surface area contributed by atoms with E-state index >= 15 is 0 Å². The molecular weight excluding hydrogens is 265 g/mol. The minimum absolute atomic E-state index is 0.0889. The SMILES string of the molecule is O=C(CC1CCNCC1)Nc1cc(F)ccc1[N+](=O)[O-]. The van der Waals surface area contributed by atoms with Crippen LogP contribution < -0.4 is 10.6 Å². The van der Waals surface area contributed by atoms with Crippen LogP contribution in [0.2, 0.25) is 0 Å². The summed E-state index contributed by atoms with van der Waals surface area (Å²) in [6.45, 7) is 1.75. The average Bonchev–Trinajstić information content (AvgIpc) is 2.39. The van der Waals surface area contributed by atoms with Crippen LogP contribution in [0.4, 0.5) is 15.8 Å². The van der Waals surface area contributed by atoms with Crippen LogP contribution in [0.1, 0.15) is 19.3 Å². The topological polar surface area (TPSA) is 84.3 Å². The van der Waals surface area contributed by atoms with Crippen molar-refractivity contribution in [3.05, 3.63) is 34.1 Å². The monoisotopic (exact) mass is 281 g/mol. The Kier molecular flexibility index (Phi) is 4.62. The van der Waals surface area contributed by atoms with Crippen molar-refractivity contribution in [3.8, 4) is 0 Å². The van der Waals surface area contributed by atoms with E-state index in [0.29, 0.717) is 6.42 Å². The van der Waals surface area contributed by atoms with Crippen LogP contribution in [0.5, 0.6) is 0 Å². The van der Waals surface area contributed by atoms with E-state index < -0.39 is 10.7 Å². The van der Waals surface area contributed by atoms with Gasteiger partial charge in [-0.25, -0.2) is 4.39 Å². The molecule has 2 rings (SSSR count). The molecule has 1 fully saturated rings. The van der Waals surface area contributed by atoms with Gasteiger partial charge < -0.3 is 10.6 Å². The predicted octanol–water partition coefficient (Wildman–Crippen LogP) is 2.06. The molecule has 1 aliphatic rings. The van der Waals surface area contributed by atoms with Crippen LogP contribution in [0.25, 0.3) is 0 Å². The average molecular weight is 281 g/mol. The highest BCUT2D eigenvalue weighted by molar-refractivity contribution is 5.93. The summed E-state index contributed by atoms with van der Waals surface area (Å²) >= 11 is 0. The van der Waals surface area contributed by atoms with Crippen molar-refractivity contribution in [1.29, 1.82) is 0 Å². The molecule has 0 bridgehead atoms. The lowest BCUT2D eigenvalue weighted by molar-refractivity contribution is -0.384. The molecule has 0 saturated carbocycles. The Morgan fingerprint density at radius 3 is 2.80 bits per heavy atom.